The van der Waals surface area contributed by atoms with Crippen LogP contribution in [0.1, 0.15) is 45.4 Å². The highest BCUT2D eigenvalue weighted by Gasteiger charge is 2.50. The fraction of sp³-hybridized carbons (Fsp3) is 0.909. The molecule has 2 aliphatic rings. The second kappa shape index (κ2) is 3.23. The highest BCUT2D eigenvalue weighted by molar-refractivity contribution is 5.86. The van der Waals surface area contributed by atoms with E-state index in [0.717, 1.165) is 25.7 Å². The number of nitrogens with two attached hydrogens (primary N) is 1. The predicted molar refractivity (Wildman–Crippen MR) is 55.7 cm³/mol. The van der Waals surface area contributed by atoms with E-state index in [-0.39, 0.29) is 16.9 Å². The van der Waals surface area contributed by atoms with E-state index in [1.807, 2.05) is 0 Å². The molecule has 3 heteroatoms. The molecule has 80 valence electrons. The largest absolute Gasteiger partial charge is 0.350 e. The number of amides is 1. The molecule has 0 saturated heterocycles. The van der Waals surface area contributed by atoms with Gasteiger partial charge in [-0.3, -0.25) is 4.79 Å². The van der Waals surface area contributed by atoms with Crippen molar-refractivity contribution < 1.29 is 4.79 Å². The molecule has 3 nitrogen and oxygen atoms in total. The first-order valence-electron chi connectivity index (χ1n) is 5.63. The molecule has 0 radical (unpaired) electrons. The Hall–Kier alpha value is -0.570. The maximum Gasteiger partial charge on any atom is 0.227 e. The molecule has 2 saturated carbocycles. The fourth-order valence-corrected chi connectivity index (χ4v) is 2.36. The minimum atomic E-state index is -0.189. The van der Waals surface area contributed by atoms with Crippen LogP contribution in [0.2, 0.25) is 0 Å². The first-order valence-corrected chi connectivity index (χ1v) is 5.63. The smallest absolute Gasteiger partial charge is 0.227 e. The lowest BCUT2D eigenvalue weighted by atomic mass is 9.98. The lowest BCUT2D eigenvalue weighted by molar-refractivity contribution is -0.127. The van der Waals surface area contributed by atoms with Crippen molar-refractivity contribution in [3.05, 3.63) is 0 Å². The van der Waals surface area contributed by atoms with Crippen LogP contribution in [0.3, 0.4) is 0 Å². The molecule has 0 unspecified atom stereocenters. The van der Waals surface area contributed by atoms with E-state index >= 15 is 0 Å². The van der Waals surface area contributed by atoms with Crippen molar-refractivity contribution in [2.75, 3.05) is 6.54 Å². The molecule has 0 heterocycles. The number of hydrogen-bond donors (Lipinski definition) is 2. The maximum atomic E-state index is 11.9. The van der Waals surface area contributed by atoms with Gasteiger partial charge in [0, 0.05) is 12.1 Å². The van der Waals surface area contributed by atoms with E-state index in [1.165, 1.54) is 12.8 Å². The lowest BCUT2D eigenvalue weighted by Crippen LogP contribution is -2.48. The summed E-state index contributed by atoms with van der Waals surface area (Å²) in [7, 11) is 0. The van der Waals surface area contributed by atoms with E-state index in [2.05, 4.69) is 12.2 Å². The average Bonchev–Trinajstić information content (AvgIpc) is 2.85. The third kappa shape index (κ3) is 1.65. The molecule has 1 amide bonds. The molecule has 14 heavy (non-hydrogen) atoms. The summed E-state index contributed by atoms with van der Waals surface area (Å²) in [6, 6.07) is 0. The zero-order valence-electron chi connectivity index (χ0n) is 8.94. The standard InChI is InChI=1S/C11H20N2O/c1-10(4-2-3-5-10)13-9(14)11(8-12)6-7-11/h2-8,12H2,1H3,(H,13,14). The van der Waals surface area contributed by atoms with Crippen molar-refractivity contribution in [2.24, 2.45) is 11.1 Å². The van der Waals surface area contributed by atoms with Crippen molar-refractivity contribution in [2.45, 2.75) is 51.0 Å². The Morgan fingerprint density at radius 3 is 2.29 bits per heavy atom. The summed E-state index contributed by atoms with van der Waals surface area (Å²) in [5.74, 6) is 0.199. The van der Waals surface area contributed by atoms with Crippen molar-refractivity contribution >= 4 is 5.91 Å². The van der Waals surface area contributed by atoms with Gasteiger partial charge in [0.25, 0.3) is 0 Å². The van der Waals surface area contributed by atoms with Crippen LogP contribution in [0.4, 0.5) is 0 Å². The normalized spacial score (nSPS) is 27.3. The number of hydrogen-bond acceptors (Lipinski definition) is 2. The molecule has 2 aliphatic carbocycles. The molecule has 0 aromatic rings. The van der Waals surface area contributed by atoms with Crippen LogP contribution in [-0.4, -0.2) is 18.0 Å². The highest BCUT2D eigenvalue weighted by Crippen LogP contribution is 2.45. The monoisotopic (exact) mass is 196 g/mol. The third-order valence-electron chi connectivity index (χ3n) is 3.85. The summed E-state index contributed by atoms with van der Waals surface area (Å²) in [5, 5.41) is 3.19. The molecule has 2 rings (SSSR count). The van der Waals surface area contributed by atoms with Crippen LogP contribution in [0, 0.1) is 5.41 Å². The zero-order valence-corrected chi connectivity index (χ0v) is 8.94. The van der Waals surface area contributed by atoms with Crippen LogP contribution in [0.25, 0.3) is 0 Å². The molecule has 3 N–H and O–H groups in total. The van der Waals surface area contributed by atoms with E-state index < -0.39 is 0 Å². The topological polar surface area (TPSA) is 55.1 Å². The molecular weight excluding hydrogens is 176 g/mol. The average molecular weight is 196 g/mol. The number of carbonyl (C=O) groups is 1. The van der Waals surface area contributed by atoms with Gasteiger partial charge in [0.2, 0.25) is 5.91 Å². The minimum absolute atomic E-state index is 0.0574. The van der Waals surface area contributed by atoms with E-state index in [9.17, 15) is 4.79 Å². The Kier molecular flexibility index (Phi) is 2.30. The van der Waals surface area contributed by atoms with Crippen LogP contribution in [0.15, 0.2) is 0 Å². The molecule has 0 aromatic heterocycles. The van der Waals surface area contributed by atoms with Gasteiger partial charge in [-0.15, -0.1) is 0 Å². The maximum absolute atomic E-state index is 11.9. The lowest BCUT2D eigenvalue weighted by Gasteiger charge is -2.27. The van der Waals surface area contributed by atoms with Gasteiger partial charge in [-0.25, -0.2) is 0 Å². The Morgan fingerprint density at radius 1 is 1.29 bits per heavy atom. The quantitative estimate of drug-likeness (QED) is 0.712. The molecule has 2 fully saturated rings. The summed E-state index contributed by atoms with van der Waals surface area (Å²) in [6.45, 7) is 2.67. The second-order valence-corrected chi connectivity index (χ2v) is 5.21. The first kappa shape index (κ1) is 9.97. The summed E-state index contributed by atoms with van der Waals surface area (Å²) in [4.78, 5) is 11.9. The minimum Gasteiger partial charge on any atom is -0.350 e. The van der Waals surface area contributed by atoms with Gasteiger partial charge in [-0.2, -0.15) is 0 Å². The third-order valence-corrected chi connectivity index (χ3v) is 3.85. The summed E-state index contributed by atoms with van der Waals surface area (Å²) >= 11 is 0. The van der Waals surface area contributed by atoms with Gasteiger partial charge in [-0.05, 0) is 32.6 Å². The van der Waals surface area contributed by atoms with Gasteiger partial charge in [-0.1, -0.05) is 12.8 Å². The molecule has 0 aromatic carbocycles. The molecule has 0 bridgehead atoms. The van der Waals surface area contributed by atoms with E-state index in [0.29, 0.717) is 6.54 Å². The summed E-state index contributed by atoms with van der Waals surface area (Å²) in [6.07, 6.45) is 6.69. The highest BCUT2D eigenvalue weighted by atomic mass is 16.2. The first-order chi connectivity index (χ1) is 6.60. The van der Waals surface area contributed by atoms with Crippen LogP contribution < -0.4 is 11.1 Å². The number of carbonyl (C=O) groups excluding carboxylic acids is 1. The Morgan fingerprint density at radius 2 is 1.86 bits per heavy atom. The molecular formula is C11H20N2O. The molecule has 0 aliphatic heterocycles. The fourth-order valence-electron chi connectivity index (χ4n) is 2.36. The Balaban J connectivity index is 1.94. The van der Waals surface area contributed by atoms with Crippen LogP contribution in [-0.2, 0) is 4.79 Å². The second-order valence-electron chi connectivity index (χ2n) is 5.21. The van der Waals surface area contributed by atoms with Crippen molar-refractivity contribution in [1.29, 1.82) is 0 Å². The predicted octanol–water partition coefficient (Wildman–Crippen LogP) is 1.17. The SMILES string of the molecule is CC1(NC(=O)C2(CN)CC2)CCCC1. The number of rotatable bonds is 3. The van der Waals surface area contributed by atoms with Gasteiger partial charge in [0.1, 0.15) is 0 Å². The number of nitrogens with one attached hydrogen (secondary N) is 1. The van der Waals surface area contributed by atoms with Gasteiger partial charge in [0.05, 0.1) is 5.41 Å². The van der Waals surface area contributed by atoms with E-state index in [4.69, 9.17) is 5.73 Å². The molecule has 0 atom stereocenters. The van der Waals surface area contributed by atoms with E-state index in [1.54, 1.807) is 0 Å². The van der Waals surface area contributed by atoms with Gasteiger partial charge in [0.15, 0.2) is 0 Å². The van der Waals surface area contributed by atoms with Gasteiger partial charge >= 0.3 is 0 Å². The van der Waals surface area contributed by atoms with Crippen molar-refractivity contribution in [3.8, 4) is 0 Å². The Labute approximate surface area is 85.4 Å². The van der Waals surface area contributed by atoms with Crippen molar-refractivity contribution in [3.63, 3.8) is 0 Å². The van der Waals surface area contributed by atoms with Gasteiger partial charge < -0.3 is 11.1 Å². The van der Waals surface area contributed by atoms with Crippen LogP contribution in [0.5, 0.6) is 0 Å². The van der Waals surface area contributed by atoms with Crippen LogP contribution >= 0.6 is 0 Å². The Bertz CT molecular complexity index is 240. The zero-order chi connectivity index (χ0) is 10.2. The summed E-state index contributed by atoms with van der Waals surface area (Å²) < 4.78 is 0. The van der Waals surface area contributed by atoms with Crippen molar-refractivity contribution in [1.82, 2.24) is 5.32 Å². The summed E-state index contributed by atoms with van der Waals surface area (Å²) in [5.41, 5.74) is 5.49. The molecule has 0 spiro atoms.